The minimum absolute atomic E-state index is 0.00883. The number of rotatable bonds is 2. The molecule has 0 radical (unpaired) electrons. The second kappa shape index (κ2) is 5.22. The monoisotopic (exact) mass is 310 g/mol. The summed E-state index contributed by atoms with van der Waals surface area (Å²) in [5.74, 6) is 2.26. The van der Waals surface area contributed by atoms with Crippen LogP contribution in [0.25, 0.3) is 5.65 Å². The zero-order chi connectivity index (χ0) is 16.0. The number of aromatic nitrogens is 3. The highest BCUT2D eigenvalue weighted by atomic mass is 16.3. The predicted molar refractivity (Wildman–Crippen MR) is 84.2 cm³/mol. The summed E-state index contributed by atoms with van der Waals surface area (Å²) < 4.78 is 7.47. The molecule has 6 heteroatoms. The number of furan rings is 1. The van der Waals surface area contributed by atoms with E-state index in [0.717, 1.165) is 36.6 Å². The van der Waals surface area contributed by atoms with Crippen LogP contribution in [0, 0.1) is 13.8 Å². The Kier molecular flexibility index (Phi) is 3.18. The number of carbonyl (C=O) groups excluding carboxylic acids is 1. The van der Waals surface area contributed by atoms with Crippen molar-refractivity contribution in [3.8, 4) is 0 Å². The van der Waals surface area contributed by atoms with E-state index in [9.17, 15) is 4.79 Å². The number of hydrogen-bond donors (Lipinski definition) is 0. The number of amides is 1. The predicted octanol–water partition coefficient (Wildman–Crippen LogP) is 2.92. The van der Waals surface area contributed by atoms with Crippen LogP contribution in [0.5, 0.6) is 0 Å². The number of likely N-dealkylation sites (tertiary alicyclic amines) is 1. The summed E-state index contributed by atoms with van der Waals surface area (Å²) in [5.41, 5.74) is 1.44. The van der Waals surface area contributed by atoms with E-state index in [1.807, 2.05) is 53.6 Å². The smallest absolute Gasteiger partial charge is 0.258 e. The van der Waals surface area contributed by atoms with Gasteiger partial charge in [0, 0.05) is 12.7 Å². The van der Waals surface area contributed by atoms with Crippen LogP contribution in [0.3, 0.4) is 0 Å². The molecule has 1 atom stereocenters. The van der Waals surface area contributed by atoms with Crippen LogP contribution < -0.4 is 0 Å². The van der Waals surface area contributed by atoms with Crippen LogP contribution >= 0.6 is 0 Å². The van der Waals surface area contributed by atoms with E-state index in [4.69, 9.17) is 4.42 Å². The Hall–Kier alpha value is -2.63. The van der Waals surface area contributed by atoms with E-state index in [1.54, 1.807) is 0 Å². The number of hydrogen-bond acceptors (Lipinski definition) is 4. The molecule has 23 heavy (non-hydrogen) atoms. The van der Waals surface area contributed by atoms with Gasteiger partial charge >= 0.3 is 0 Å². The lowest BCUT2D eigenvalue weighted by atomic mass is 10.1. The van der Waals surface area contributed by atoms with Crippen molar-refractivity contribution in [3.63, 3.8) is 0 Å². The van der Waals surface area contributed by atoms with Crippen molar-refractivity contribution in [3.05, 3.63) is 53.4 Å². The normalized spacial score (nSPS) is 18.0. The molecule has 3 aromatic heterocycles. The van der Waals surface area contributed by atoms with Gasteiger partial charge < -0.3 is 9.32 Å². The molecule has 6 nitrogen and oxygen atoms in total. The summed E-state index contributed by atoms with van der Waals surface area (Å²) in [5, 5.41) is 8.53. The molecule has 1 fully saturated rings. The van der Waals surface area contributed by atoms with Crippen LogP contribution in [0.4, 0.5) is 0 Å². The highest BCUT2D eigenvalue weighted by Crippen LogP contribution is 2.33. The zero-order valence-corrected chi connectivity index (χ0v) is 13.2. The summed E-state index contributed by atoms with van der Waals surface area (Å²) in [6.07, 6.45) is 3.81. The van der Waals surface area contributed by atoms with Gasteiger partial charge in [-0.1, -0.05) is 6.07 Å². The average Bonchev–Trinajstić information content (AvgIpc) is 3.24. The first-order chi connectivity index (χ1) is 11.1. The van der Waals surface area contributed by atoms with Crippen molar-refractivity contribution in [2.24, 2.45) is 0 Å². The first kappa shape index (κ1) is 14.0. The third kappa shape index (κ3) is 2.21. The molecule has 1 aliphatic heterocycles. The Morgan fingerprint density at radius 3 is 2.96 bits per heavy atom. The molecule has 0 saturated carbocycles. The minimum atomic E-state index is -0.0468. The molecule has 0 aliphatic carbocycles. The van der Waals surface area contributed by atoms with E-state index in [0.29, 0.717) is 11.3 Å². The highest BCUT2D eigenvalue weighted by molar-refractivity contribution is 5.95. The van der Waals surface area contributed by atoms with Crippen LogP contribution in [0.1, 0.15) is 46.6 Å². The SMILES string of the molecule is Cc1cc(C(=O)N2CCC[C@@H]2c2nnc3ccccn23)c(C)o1. The third-order valence-corrected chi connectivity index (χ3v) is 4.42. The van der Waals surface area contributed by atoms with Gasteiger partial charge in [-0.2, -0.15) is 0 Å². The molecule has 0 spiro atoms. The molecule has 1 saturated heterocycles. The number of carbonyl (C=O) groups is 1. The van der Waals surface area contributed by atoms with Crippen molar-refractivity contribution >= 4 is 11.6 Å². The van der Waals surface area contributed by atoms with E-state index >= 15 is 0 Å². The van der Waals surface area contributed by atoms with Gasteiger partial charge in [0.15, 0.2) is 11.5 Å². The molecule has 0 bridgehead atoms. The topological polar surface area (TPSA) is 63.6 Å². The van der Waals surface area contributed by atoms with Gasteiger partial charge in [0.1, 0.15) is 11.5 Å². The number of fused-ring (bicyclic) bond motifs is 1. The first-order valence-corrected chi connectivity index (χ1v) is 7.83. The fraction of sp³-hybridized carbons (Fsp3) is 0.353. The first-order valence-electron chi connectivity index (χ1n) is 7.83. The molecule has 118 valence electrons. The van der Waals surface area contributed by atoms with Crippen LogP contribution in [-0.2, 0) is 0 Å². The van der Waals surface area contributed by atoms with E-state index in [2.05, 4.69) is 10.2 Å². The van der Waals surface area contributed by atoms with E-state index in [1.165, 1.54) is 0 Å². The highest BCUT2D eigenvalue weighted by Gasteiger charge is 2.34. The van der Waals surface area contributed by atoms with Crippen LogP contribution in [0.15, 0.2) is 34.9 Å². The number of pyridine rings is 1. The lowest BCUT2D eigenvalue weighted by Gasteiger charge is -2.23. The molecule has 0 aromatic carbocycles. The largest absolute Gasteiger partial charge is 0.466 e. The quantitative estimate of drug-likeness (QED) is 0.730. The molecule has 4 heterocycles. The molecule has 1 aliphatic rings. The fourth-order valence-electron chi connectivity index (χ4n) is 3.36. The Morgan fingerprint density at radius 2 is 2.17 bits per heavy atom. The summed E-state index contributed by atoms with van der Waals surface area (Å²) in [6, 6.07) is 7.57. The second-order valence-corrected chi connectivity index (χ2v) is 5.97. The Balaban J connectivity index is 1.72. The number of nitrogens with zero attached hydrogens (tertiary/aromatic N) is 4. The summed E-state index contributed by atoms with van der Waals surface area (Å²) in [4.78, 5) is 14.8. The van der Waals surface area contributed by atoms with Crippen molar-refractivity contribution in [2.45, 2.75) is 32.7 Å². The lowest BCUT2D eigenvalue weighted by Crippen LogP contribution is -2.31. The van der Waals surface area contributed by atoms with Crippen molar-refractivity contribution < 1.29 is 9.21 Å². The van der Waals surface area contributed by atoms with Gasteiger partial charge in [0.25, 0.3) is 5.91 Å². The third-order valence-electron chi connectivity index (χ3n) is 4.42. The number of aryl methyl sites for hydroxylation is 2. The molecule has 3 aromatic rings. The molecular weight excluding hydrogens is 292 g/mol. The maximum absolute atomic E-state index is 12.9. The molecule has 0 N–H and O–H groups in total. The van der Waals surface area contributed by atoms with Crippen molar-refractivity contribution in [2.75, 3.05) is 6.54 Å². The Morgan fingerprint density at radius 1 is 1.30 bits per heavy atom. The molecule has 1 amide bonds. The van der Waals surface area contributed by atoms with Gasteiger partial charge in [-0.05, 0) is 44.9 Å². The lowest BCUT2D eigenvalue weighted by molar-refractivity contribution is 0.0727. The van der Waals surface area contributed by atoms with Crippen LogP contribution in [0.2, 0.25) is 0 Å². The summed E-state index contributed by atoms with van der Waals surface area (Å²) >= 11 is 0. The van der Waals surface area contributed by atoms with Gasteiger partial charge in [-0.3, -0.25) is 9.20 Å². The minimum Gasteiger partial charge on any atom is -0.466 e. The van der Waals surface area contributed by atoms with Crippen molar-refractivity contribution in [1.29, 1.82) is 0 Å². The van der Waals surface area contributed by atoms with Gasteiger partial charge in [-0.15, -0.1) is 10.2 Å². The zero-order valence-electron chi connectivity index (χ0n) is 13.2. The summed E-state index contributed by atoms with van der Waals surface area (Å²) in [7, 11) is 0. The van der Waals surface area contributed by atoms with Gasteiger partial charge in [-0.25, -0.2) is 0 Å². The maximum atomic E-state index is 12.9. The standard InChI is InChI=1S/C17H18N4O2/c1-11-10-13(12(2)23-11)17(22)20-9-5-6-14(20)16-19-18-15-7-3-4-8-21(15)16/h3-4,7-8,10,14H,5-6,9H2,1-2H3/t14-/m1/s1. The van der Waals surface area contributed by atoms with E-state index < -0.39 is 0 Å². The fourth-order valence-corrected chi connectivity index (χ4v) is 3.36. The summed E-state index contributed by atoms with van der Waals surface area (Å²) in [6.45, 7) is 4.42. The van der Waals surface area contributed by atoms with Gasteiger partial charge in [0.05, 0.1) is 11.6 Å². The van der Waals surface area contributed by atoms with E-state index in [-0.39, 0.29) is 11.9 Å². The average molecular weight is 310 g/mol. The molecule has 0 unspecified atom stereocenters. The molecular formula is C17H18N4O2. The van der Waals surface area contributed by atoms with Crippen molar-refractivity contribution in [1.82, 2.24) is 19.5 Å². The maximum Gasteiger partial charge on any atom is 0.258 e. The second-order valence-electron chi connectivity index (χ2n) is 5.97. The molecule has 4 rings (SSSR count). The Bertz CT molecular complexity index is 880. The Labute approximate surface area is 133 Å². The van der Waals surface area contributed by atoms with Crippen LogP contribution in [-0.4, -0.2) is 31.9 Å². The van der Waals surface area contributed by atoms with Gasteiger partial charge in [0.2, 0.25) is 0 Å².